The molecule has 10 nitrogen and oxygen atoms in total. The maximum Gasteiger partial charge on any atom is 0.238 e. The molecule has 3 aromatic rings. The molecule has 1 aliphatic heterocycles. The number of halogens is 1. The number of tetrazole rings is 1. The monoisotopic (exact) mass is 471 g/mol. The standard InChI is InChI=1S/C21H22FN7O3S/c22-15-1-3-16(4-2-15)23-19(31)13-27-9-11-28(12-10-27)20(32)14-33-21-24-25-26-29(21)17-5-7-18(30)8-6-17/h1-8,30H,9-14H2,(H,23,31). The van der Waals surface area contributed by atoms with Crippen molar-refractivity contribution in [1.29, 1.82) is 0 Å². The molecule has 1 saturated heterocycles. The number of carbonyl (C=O) groups excluding carboxylic acids is 2. The molecule has 1 fully saturated rings. The number of anilines is 1. The molecule has 33 heavy (non-hydrogen) atoms. The highest BCUT2D eigenvalue weighted by Crippen LogP contribution is 2.20. The Morgan fingerprint density at radius 3 is 2.42 bits per heavy atom. The molecular weight excluding hydrogens is 449 g/mol. The topological polar surface area (TPSA) is 116 Å². The molecule has 2 heterocycles. The first-order valence-electron chi connectivity index (χ1n) is 10.2. The molecule has 0 bridgehead atoms. The van der Waals surface area contributed by atoms with E-state index < -0.39 is 0 Å². The fourth-order valence-electron chi connectivity index (χ4n) is 3.33. The lowest BCUT2D eigenvalue weighted by Gasteiger charge is -2.34. The van der Waals surface area contributed by atoms with Crippen LogP contribution in [-0.4, -0.2) is 85.4 Å². The quantitative estimate of drug-likeness (QED) is 0.497. The average molecular weight is 472 g/mol. The fraction of sp³-hybridized carbons (Fsp3) is 0.286. The fourth-order valence-corrected chi connectivity index (χ4v) is 4.13. The molecule has 1 aliphatic rings. The Hall–Kier alpha value is -3.51. The number of nitrogens with one attached hydrogen (secondary N) is 1. The SMILES string of the molecule is O=C(CN1CCN(C(=O)CSc2nnnn2-c2ccc(O)cc2)CC1)Nc1ccc(F)cc1. The van der Waals surface area contributed by atoms with Crippen LogP contribution in [0, 0.1) is 5.82 Å². The van der Waals surface area contributed by atoms with Crippen molar-refractivity contribution in [3.63, 3.8) is 0 Å². The predicted octanol–water partition coefficient (Wildman–Crippen LogP) is 1.38. The number of phenolic OH excluding ortho intramolecular Hbond substituents is 1. The second-order valence-corrected chi connectivity index (χ2v) is 8.33. The van der Waals surface area contributed by atoms with E-state index in [1.807, 2.05) is 4.90 Å². The van der Waals surface area contributed by atoms with Gasteiger partial charge in [-0.05, 0) is 59.0 Å². The van der Waals surface area contributed by atoms with Gasteiger partial charge in [-0.1, -0.05) is 11.8 Å². The van der Waals surface area contributed by atoms with E-state index in [-0.39, 0.29) is 35.7 Å². The molecule has 2 amide bonds. The number of rotatable bonds is 7. The van der Waals surface area contributed by atoms with E-state index in [1.54, 1.807) is 17.0 Å². The molecule has 0 atom stereocenters. The third-order valence-electron chi connectivity index (χ3n) is 5.08. The Morgan fingerprint density at radius 2 is 1.73 bits per heavy atom. The van der Waals surface area contributed by atoms with Crippen LogP contribution in [-0.2, 0) is 9.59 Å². The van der Waals surface area contributed by atoms with Crippen molar-refractivity contribution in [3.05, 3.63) is 54.3 Å². The molecule has 0 radical (unpaired) electrons. The summed E-state index contributed by atoms with van der Waals surface area (Å²) in [4.78, 5) is 28.6. The van der Waals surface area contributed by atoms with Crippen LogP contribution in [0.1, 0.15) is 0 Å². The summed E-state index contributed by atoms with van der Waals surface area (Å²) < 4.78 is 14.5. The molecule has 0 spiro atoms. The Bertz CT molecular complexity index is 1100. The number of hydrogen-bond donors (Lipinski definition) is 2. The summed E-state index contributed by atoms with van der Waals surface area (Å²) in [5, 5.41) is 24.2. The van der Waals surface area contributed by atoms with Gasteiger partial charge in [0.15, 0.2) is 0 Å². The number of aromatic hydroxyl groups is 1. The van der Waals surface area contributed by atoms with E-state index >= 15 is 0 Å². The molecule has 4 rings (SSSR count). The molecule has 2 N–H and O–H groups in total. The summed E-state index contributed by atoms with van der Waals surface area (Å²) >= 11 is 1.24. The van der Waals surface area contributed by atoms with Crippen molar-refractivity contribution in [3.8, 4) is 11.4 Å². The Balaban J connectivity index is 1.22. The van der Waals surface area contributed by atoms with E-state index in [0.29, 0.717) is 42.7 Å². The van der Waals surface area contributed by atoms with Gasteiger partial charge >= 0.3 is 0 Å². The van der Waals surface area contributed by atoms with Gasteiger partial charge in [0.1, 0.15) is 11.6 Å². The number of benzene rings is 2. The van der Waals surface area contributed by atoms with Crippen LogP contribution in [0.25, 0.3) is 5.69 Å². The largest absolute Gasteiger partial charge is 0.508 e. The van der Waals surface area contributed by atoms with Crippen LogP contribution >= 0.6 is 11.8 Å². The summed E-state index contributed by atoms with van der Waals surface area (Å²) in [6.07, 6.45) is 0. The van der Waals surface area contributed by atoms with E-state index in [9.17, 15) is 19.1 Å². The second-order valence-electron chi connectivity index (χ2n) is 7.39. The molecule has 2 aromatic carbocycles. The van der Waals surface area contributed by atoms with Crippen LogP contribution < -0.4 is 5.32 Å². The Kier molecular flexibility index (Phi) is 7.15. The van der Waals surface area contributed by atoms with Crippen molar-refractivity contribution in [2.24, 2.45) is 0 Å². The van der Waals surface area contributed by atoms with Crippen LogP contribution in [0.5, 0.6) is 5.75 Å². The average Bonchev–Trinajstić information content (AvgIpc) is 3.28. The van der Waals surface area contributed by atoms with E-state index in [1.165, 1.54) is 52.8 Å². The zero-order valence-electron chi connectivity index (χ0n) is 17.6. The van der Waals surface area contributed by atoms with Gasteiger partial charge in [-0.15, -0.1) is 5.10 Å². The summed E-state index contributed by atoms with van der Waals surface area (Å²) in [5.41, 5.74) is 1.22. The highest BCUT2D eigenvalue weighted by molar-refractivity contribution is 7.99. The lowest BCUT2D eigenvalue weighted by Crippen LogP contribution is -2.50. The first kappa shape index (κ1) is 22.7. The smallest absolute Gasteiger partial charge is 0.238 e. The predicted molar refractivity (Wildman–Crippen MR) is 120 cm³/mol. The maximum absolute atomic E-state index is 13.0. The summed E-state index contributed by atoms with van der Waals surface area (Å²) in [6, 6.07) is 12.1. The molecule has 1 aromatic heterocycles. The highest BCUT2D eigenvalue weighted by atomic mass is 32.2. The number of thioether (sulfide) groups is 1. The lowest BCUT2D eigenvalue weighted by atomic mass is 10.3. The van der Waals surface area contributed by atoms with Gasteiger partial charge in [-0.25, -0.2) is 4.39 Å². The number of amides is 2. The number of hydrogen-bond acceptors (Lipinski definition) is 8. The minimum Gasteiger partial charge on any atom is -0.508 e. The minimum atomic E-state index is -0.358. The zero-order valence-corrected chi connectivity index (χ0v) is 18.4. The summed E-state index contributed by atoms with van der Waals surface area (Å²) in [7, 11) is 0. The molecular formula is C21H22FN7O3S. The van der Waals surface area contributed by atoms with Gasteiger partial charge in [-0.3, -0.25) is 14.5 Å². The normalized spacial score (nSPS) is 14.3. The number of aromatic nitrogens is 4. The number of piperazine rings is 1. The van der Waals surface area contributed by atoms with Crippen molar-refractivity contribution in [1.82, 2.24) is 30.0 Å². The van der Waals surface area contributed by atoms with Gasteiger partial charge in [0.25, 0.3) is 0 Å². The first-order valence-corrected chi connectivity index (χ1v) is 11.2. The molecule has 0 aliphatic carbocycles. The van der Waals surface area contributed by atoms with Gasteiger partial charge in [-0.2, -0.15) is 4.68 Å². The van der Waals surface area contributed by atoms with Crippen LogP contribution in [0.3, 0.4) is 0 Å². The Labute approximate surface area is 193 Å². The minimum absolute atomic E-state index is 0.0318. The summed E-state index contributed by atoms with van der Waals surface area (Å²) in [6.45, 7) is 2.41. The number of carbonyl (C=O) groups is 2. The third kappa shape index (κ3) is 6.05. The maximum atomic E-state index is 13.0. The molecule has 172 valence electrons. The van der Waals surface area contributed by atoms with Crippen LogP contribution in [0.15, 0.2) is 53.7 Å². The van der Waals surface area contributed by atoms with E-state index in [2.05, 4.69) is 20.8 Å². The highest BCUT2D eigenvalue weighted by Gasteiger charge is 2.23. The molecule has 0 unspecified atom stereocenters. The Morgan fingerprint density at radius 1 is 1.03 bits per heavy atom. The van der Waals surface area contributed by atoms with E-state index in [4.69, 9.17) is 0 Å². The third-order valence-corrected chi connectivity index (χ3v) is 5.98. The second kappa shape index (κ2) is 10.4. The number of nitrogens with zero attached hydrogens (tertiary/aromatic N) is 6. The molecule has 0 saturated carbocycles. The lowest BCUT2D eigenvalue weighted by molar-refractivity contribution is -0.130. The summed E-state index contributed by atoms with van der Waals surface area (Å²) in [5.74, 6) is -0.246. The van der Waals surface area contributed by atoms with Crippen molar-refractivity contribution >= 4 is 29.3 Å². The van der Waals surface area contributed by atoms with Crippen molar-refractivity contribution < 1.29 is 19.1 Å². The number of phenols is 1. The van der Waals surface area contributed by atoms with Crippen LogP contribution in [0.4, 0.5) is 10.1 Å². The first-order chi connectivity index (χ1) is 16.0. The van der Waals surface area contributed by atoms with Gasteiger partial charge in [0.2, 0.25) is 17.0 Å². The van der Waals surface area contributed by atoms with Gasteiger partial charge < -0.3 is 15.3 Å². The van der Waals surface area contributed by atoms with Gasteiger partial charge in [0.05, 0.1) is 18.0 Å². The van der Waals surface area contributed by atoms with Gasteiger partial charge in [0, 0.05) is 31.9 Å². The van der Waals surface area contributed by atoms with Crippen molar-refractivity contribution in [2.45, 2.75) is 5.16 Å². The zero-order chi connectivity index (χ0) is 23.2. The van der Waals surface area contributed by atoms with Crippen molar-refractivity contribution in [2.75, 3.05) is 43.8 Å². The van der Waals surface area contributed by atoms with E-state index in [0.717, 1.165) is 0 Å². The molecule has 12 heteroatoms. The van der Waals surface area contributed by atoms with Crippen LogP contribution in [0.2, 0.25) is 0 Å².